The van der Waals surface area contributed by atoms with Crippen molar-refractivity contribution in [1.29, 1.82) is 0 Å². The zero-order chi connectivity index (χ0) is 16.4. The molecule has 0 aromatic heterocycles. The van der Waals surface area contributed by atoms with Crippen LogP contribution in [0.5, 0.6) is 5.75 Å². The molecule has 0 unspecified atom stereocenters. The van der Waals surface area contributed by atoms with Crippen LogP contribution in [0.3, 0.4) is 0 Å². The molecule has 0 heterocycles. The third kappa shape index (κ3) is 2.73. The van der Waals surface area contributed by atoms with Gasteiger partial charge in [-0.25, -0.2) is 0 Å². The van der Waals surface area contributed by atoms with Gasteiger partial charge < -0.3 is 4.74 Å². The number of ether oxygens (including phenoxy) is 1. The average Bonchev–Trinajstić information content (AvgIpc) is 2.60. The Hall–Kier alpha value is -2.94. The maximum Gasteiger partial charge on any atom is 0.194 e. The molecule has 114 valence electrons. The molecule has 0 radical (unpaired) electrons. The van der Waals surface area contributed by atoms with E-state index in [2.05, 4.69) is 0 Å². The molecule has 0 aliphatic rings. The first-order valence-corrected chi connectivity index (χ1v) is 7.33. The number of carbonyl (C=O) groups is 2. The monoisotopic (exact) mass is 304 g/mol. The molecule has 0 amide bonds. The van der Waals surface area contributed by atoms with Gasteiger partial charge in [-0.1, -0.05) is 36.4 Å². The molecule has 0 saturated carbocycles. The molecule has 23 heavy (non-hydrogen) atoms. The van der Waals surface area contributed by atoms with Crippen LogP contribution in [0.15, 0.2) is 60.7 Å². The Labute approximate surface area is 134 Å². The highest BCUT2D eigenvalue weighted by Gasteiger charge is 2.19. The SMILES string of the molecule is COc1ccc(C(=O)c2c(C(C)=O)ccc3ccccc23)cc1. The normalized spacial score (nSPS) is 10.5. The fourth-order valence-electron chi connectivity index (χ4n) is 2.70. The summed E-state index contributed by atoms with van der Waals surface area (Å²) in [5.41, 5.74) is 1.44. The van der Waals surface area contributed by atoms with Crippen molar-refractivity contribution in [2.24, 2.45) is 0 Å². The maximum atomic E-state index is 13.0. The summed E-state index contributed by atoms with van der Waals surface area (Å²) in [4.78, 5) is 25.0. The van der Waals surface area contributed by atoms with Gasteiger partial charge in [0.1, 0.15) is 5.75 Å². The molecule has 3 aromatic carbocycles. The predicted molar refractivity (Wildman–Crippen MR) is 90.4 cm³/mol. The molecule has 3 rings (SSSR count). The zero-order valence-electron chi connectivity index (χ0n) is 13.0. The Morgan fingerprint density at radius 3 is 2.22 bits per heavy atom. The second kappa shape index (κ2) is 6.05. The van der Waals surface area contributed by atoms with Crippen molar-refractivity contribution in [1.82, 2.24) is 0 Å². The molecular formula is C20H16O3. The van der Waals surface area contributed by atoms with Crippen LogP contribution >= 0.6 is 0 Å². The lowest BCUT2D eigenvalue weighted by Gasteiger charge is -2.11. The number of carbonyl (C=O) groups excluding carboxylic acids is 2. The van der Waals surface area contributed by atoms with Gasteiger partial charge in [0.05, 0.1) is 7.11 Å². The van der Waals surface area contributed by atoms with E-state index in [1.165, 1.54) is 6.92 Å². The minimum atomic E-state index is -0.158. The van der Waals surface area contributed by atoms with Gasteiger partial charge in [-0.2, -0.15) is 0 Å². The van der Waals surface area contributed by atoms with E-state index < -0.39 is 0 Å². The molecule has 0 saturated heterocycles. The molecule has 0 aliphatic heterocycles. The van der Waals surface area contributed by atoms with Crippen LogP contribution in [0, 0.1) is 0 Å². The van der Waals surface area contributed by atoms with E-state index in [0.29, 0.717) is 22.4 Å². The highest BCUT2D eigenvalue weighted by molar-refractivity contribution is 6.22. The van der Waals surface area contributed by atoms with E-state index in [4.69, 9.17) is 4.74 Å². The van der Waals surface area contributed by atoms with Gasteiger partial charge >= 0.3 is 0 Å². The lowest BCUT2D eigenvalue weighted by atomic mass is 9.91. The third-order valence-electron chi connectivity index (χ3n) is 3.89. The zero-order valence-corrected chi connectivity index (χ0v) is 13.0. The Kier molecular flexibility index (Phi) is 3.94. The Morgan fingerprint density at radius 2 is 1.57 bits per heavy atom. The highest BCUT2D eigenvalue weighted by Crippen LogP contribution is 2.26. The molecule has 3 heteroatoms. The average molecular weight is 304 g/mol. The Morgan fingerprint density at radius 1 is 0.870 bits per heavy atom. The van der Waals surface area contributed by atoms with E-state index >= 15 is 0 Å². The maximum absolute atomic E-state index is 13.0. The first-order valence-electron chi connectivity index (χ1n) is 7.33. The van der Waals surface area contributed by atoms with Crippen LogP contribution in [0.25, 0.3) is 10.8 Å². The van der Waals surface area contributed by atoms with Gasteiger partial charge in [-0.15, -0.1) is 0 Å². The smallest absolute Gasteiger partial charge is 0.194 e. The van der Waals surface area contributed by atoms with Gasteiger partial charge in [0, 0.05) is 16.7 Å². The van der Waals surface area contributed by atoms with Crippen LogP contribution in [0.4, 0.5) is 0 Å². The van der Waals surface area contributed by atoms with Gasteiger partial charge in [-0.3, -0.25) is 9.59 Å². The summed E-state index contributed by atoms with van der Waals surface area (Å²) < 4.78 is 5.12. The van der Waals surface area contributed by atoms with Crippen molar-refractivity contribution in [2.45, 2.75) is 6.92 Å². The van der Waals surface area contributed by atoms with Gasteiger partial charge in [-0.05, 0) is 42.0 Å². The fraction of sp³-hybridized carbons (Fsp3) is 0.100. The number of rotatable bonds is 4. The van der Waals surface area contributed by atoms with E-state index in [0.717, 1.165) is 10.8 Å². The van der Waals surface area contributed by atoms with E-state index in [9.17, 15) is 9.59 Å². The largest absolute Gasteiger partial charge is 0.497 e. The van der Waals surface area contributed by atoms with Crippen LogP contribution in [-0.2, 0) is 0 Å². The molecule has 3 nitrogen and oxygen atoms in total. The number of hydrogen-bond donors (Lipinski definition) is 0. The molecule has 0 bridgehead atoms. The standard InChI is InChI=1S/C20H16O3/c1-13(21)17-12-9-14-5-3-4-6-18(14)19(17)20(22)15-7-10-16(23-2)11-8-15/h3-12H,1-2H3. The van der Waals surface area contributed by atoms with Crippen LogP contribution in [-0.4, -0.2) is 18.7 Å². The molecular weight excluding hydrogens is 288 g/mol. The van der Waals surface area contributed by atoms with Crippen molar-refractivity contribution in [2.75, 3.05) is 7.11 Å². The molecule has 0 aliphatic carbocycles. The van der Waals surface area contributed by atoms with Crippen molar-refractivity contribution >= 4 is 22.3 Å². The lowest BCUT2D eigenvalue weighted by molar-refractivity contribution is 0.0991. The second-order valence-electron chi connectivity index (χ2n) is 5.32. The number of Topliss-reactive ketones (excluding diaryl/α,β-unsaturated/α-hetero) is 1. The van der Waals surface area contributed by atoms with Crippen LogP contribution < -0.4 is 4.74 Å². The summed E-state index contributed by atoms with van der Waals surface area (Å²) >= 11 is 0. The minimum absolute atomic E-state index is 0.118. The molecule has 0 fully saturated rings. The van der Waals surface area contributed by atoms with Crippen molar-refractivity contribution in [3.05, 3.63) is 77.4 Å². The number of benzene rings is 3. The number of methoxy groups -OCH3 is 1. The topological polar surface area (TPSA) is 43.4 Å². The van der Waals surface area contributed by atoms with Crippen LogP contribution in [0.1, 0.15) is 33.2 Å². The summed E-state index contributed by atoms with van der Waals surface area (Å²) in [6.07, 6.45) is 0. The van der Waals surface area contributed by atoms with E-state index in [1.807, 2.05) is 30.3 Å². The fourth-order valence-corrected chi connectivity index (χ4v) is 2.70. The summed E-state index contributed by atoms with van der Waals surface area (Å²) in [5.74, 6) is 0.411. The van der Waals surface area contributed by atoms with Gasteiger partial charge in [0.15, 0.2) is 11.6 Å². The van der Waals surface area contributed by atoms with Gasteiger partial charge in [0.2, 0.25) is 0 Å². The number of fused-ring (bicyclic) bond motifs is 1. The quantitative estimate of drug-likeness (QED) is 0.676. The van der Waals surface area contributed by atoms with E-state index in [1.54, 1.807) is 37.4 Å². The van der Waals surface area contributed by atoms with E-state index in [-0.39, 0.29) is 11.6 Å². The van der Waals surface area contributed by atoms with Crippen LogP contribution in [0.2, 0.25) is 0 Å². The minimum Gasteiger partial charge on any atom is -0.497 e. The lowest BCUT2D eigenvalue weighted by Crippen LogP contribution is -2.09. The predicted octanol–water partition coefficient (Wildman–Crippen LogP) is 4.28. The molecule has 0 spiro atoms. The number of ketones is 2. The van der Waals surface area contributed by atoms with Crippen molar-refractivity contribution < 1.29 is 14.3 Å². The third-order valence-corrected chi connectivity index (χ3v) is 3.89. The summed E-state index contributed by atoms with van der Waals surface area (Å²) in [6, 6.07) is 18.1. The molecule has 0 N–H and O–H groups in total. The molecule has 0 atom stereocenters. The summed E-state index contributed by atoms with van der Waals surface area (Å²) in [6.45, 7) is 1.48. The number of hydrogen-bond acceptors (Lipinski definition) is 3. The first kappa shape index (κ1) is 15.0. The highest BCUT2D eigenvalue weighted by atomic mass is 16.5. The molecule has 3 aromatic rings. The van der Waals surface area contributed by atoms with Crippen molar-refractivity contribution in [3.8, 4) is 5.75 Å². The Balaban J connectivity index is 2.21. The second-order valence-corrected chi connectivity index (χ2v) is 5.32. The van der Waals surface area contributed by atoms with Gasteiger partial charge in [0.25, 0.3) is 0 Å². The summed E-state index contributed by atoms with van der Waals surface area (Å²) in [5, 5.41) is 1.73. The van der Waals surface area contributed by atoms with Crippen molar-refractivity contribution in [3.63, 3.8) is 0 Å². The summed E-state index contributed by atoms with van der Waals surface area (Å²) in [7, 11) is 1.58. The Bertz CT molecular complexity index is 892. The first-order chi connectivity index (χ1) is 11.1.